The maximum absolute atomic E-state index is 12.0. The zero-order valence-electron chi connectivity index (χ0n) is 37.5. The number of aliphatic hydroxyl groups excluding tert-OH is 7. The lowest BCUT2D eigenvalue weighted by atomic mass is 9.47. The molecule has 7 unspecified atom stereocenters. The fourth-order valence-electron chi connectivity index (χ4n) is 14.0. The minimum absolute atomic E-state index is 0.0271. The van der Waals surface area contributed by atoms with Crippen LogP contribution in [0.15, 0.2) is 11.6 Å². The predicted octanol–water partition coefficient (Wildman–Crippen LogP) is 1.42. The monoisotopic (exact) mass is 896 g/mol. The van der Waals surface area contributed by atoms with E-state index in [0.717, 1.165) is 51.6 Å². The number of hydrogen-bond donors (Lipinski definition) is 7. The van der Waals surface area contributed by atoms with Crippen molar-refractivity contribution in [2.24, 2.45) is 46.3 Å². The summed E-state index contributed by atoms with van der Waals surface area (Å²) < 4.78 is 55.2. The van der Waals surface area contributed by atoms with Gasteiger partial charge in [-0.05, 0) is 98.7 Å². The third kappa shape index (κ3) is 7.97. The molecule has 9 aliphatic rings. The minimum atomic E-state index is -1.72. The van der Waals surface area contributed by atoms with Crippen LogP contribution in [0.1, 0.15) is 99.3 Å². The Balaban J connectivity index is 0.907. The summed E-state index contributed by atoms with van der Waals surface area (Å²) in [7, 11) is 0. The third-order valence-electron chi connectivity index (χ3n) is 17.6. The van der Waals surface area contributed by atoms with Crippen molar-refractivity contribution in [2.75, 3.05) is 19.8 Å². The first-order chi connectivity index (χ1) is 29.9. The molecule has 17 nitrogen and oxygen atoms in total. The summed E-state index contributed by atoms with van der Waals surface area (Å²) in [5.74, 6) is 1.98. The van der Waals surface area contributed by atoms with Crippen molar-refractivity contribution < 1.29 is 83.2 Å². The number of carbonyl (C=O) groups excluding carboxylic acids is 1. The molecule has 0 aromatic carbocycles. The summed E-state index contributed by atoms with van der Waals surface area (Å²) in [5, 5.41) is 76.0. The fourth-order valence-corrected chi connectivity index (χ4v) is 14.0. The molecule has 3 saturated carbocycles. The fraction of sp³-hybridized carbons (Fsp3) is 0.935. The molecule has 1 spiro atoms. The Labute approximate surface area is 369 Å². The number of rotatable bonds is 9. The van der Waals surface area contributed by atoms with Crippen molar-refractivity contribution >= 4 is 5.97 Å². The number of fused-ring (bicyclic) bond motifs is 7. The Hall–Kier alpha value is -1.39. The summed E-state index contributed by atoms with van der Waals surface area (Å²) in [4.78, 5) is 11.4. The van der Waals surface area contributed by atoms with Gasteiger partial charge in [-0.25, -0.2) is 0 Å². The molecule has 0 aromatic heterocycles. The Morgan fingerprint density at radius 2 is 1.49 bits per heavy atom. The van der Waals surface area contributed by atoms with Gasteiger partial charge in [-0.15, -0.1) is 0 Å². The van der Waals surface area contributed by atoms with Crippen LogP contribution in [0, 0.1) is 46.3 Å². The van der Waals surface area contributed by atoms with Crippen molar-refractivity contribution in [1.29, 1.82) is 0 Å². The highest BCUT2D eigenvalue weighted by Crippen LogP contribution is 2.70. The minimum Gasteiger partial charge on any atom is -0.463 e. The second-order valence-electron chi connectivity index (χ2n) is 21.2. The number of allylic oxidation sites excluding steroid dienone is 1. The first-order valence-electron chi connectivity index (χ1n) is 23.7. The zero-order chi connectivity index (χ0) is 44.9. The van der Waals surface area contributed by atoms with E-state index in [1.807, 2.05) is 0 Å². The average Bonchev–Trinajstić information content (AvgIpc) is 3.81. The van der Waals surface area contributed by atoms with Gasteiger partial charge in [-0.2, -0.15) is 0 Å². The standard InChI is InChI=1S/C46H72O17/c1-20-9-14-46(56-18-20)21(2)32-29(63-46)16-28-26-8-7-24-15-25(10-12-44(24,5)27(26)11-13-45(28,32)6)58-43-40(62-41-37(53)35(51)33(49)22(3)57-41)38(54)39(30(17-47)59-43)61-42-36(52)34(50)31(60-42)19-55-23(4)48/h7,20-22,25-43,47,49-54H,8-19H2,1-6H3/t20-,21+,22+,25+,26?,27?,28?,29?,30-,31+,32?,33+,34+,35-,36-,37-,38+,39-,40-,41?,42?,43-,44+,45+,46-/m1/s1. The Morgan fingerprint density at radius 3 is 2.21 bits per heavy atom. The molecule has 358 valence electrons. The van der Waals surface area contributed by atoms with Gasteiger partial charge in [0.2, 0.25) is 0 Å². The van der Waals surface area contributed by atoms with Crippen LogP contribution < -0.4 is 0 Å². The van der Waals surface area contributed by atoms with Gasteiger partial charge in [0, 0.05) is 19.3 Å². The summed E-state index contributed by atoms with van der Waals surface area (Å²) in [6.07, 6.45) is -9.22. The van der Waals surface area contributed by atoms with E-state index < -0.39 is 104 Å². The van der Waals surface area contributed by atoms with E-state index in [9.17, 15) is 40.5 Å². The van der Waals surface area contributed by atoms with Gasteiger partial charge in [0.25, 0.3) is 0 Å². The first kappa shape index (κ1) is 46.7. The summed E-state index contributed by atoms with van der Waals surface area (Å²) >= 11 is 0. The van der Waals surface area contributed by atoms with Crippen molar-refractivity contribution in [3.8, 4) is 0 Å². The molecule has 9 rings (SSSR count). The second-order valence-corrected chi connectivity index (χ2v) is 21.2. The van der Waals surface area contributed by atoms with E-state index in [0.29, 0.717) is 48.3 Å². The van der Waals surface area contributed by atoms with Crippen molar-refractivity contribution in [3.05, 3.63) is 11.6 Å². The summed E-state index contributed by atoms with van der Waals surface area (Å²) in [6.45, 7) is 12.0. The van der Waals surface area contributed by atoms with Crippen molar-refractivity contribution in [3.63, 3.8) is 0 Å². The normalized spacial score (nSPS) is 55.4. The average molecular weight is 897 g/mol. The number of ether oxygens (including phenoxy) is 9. The van der Waals surface area contributed by atoms with E-state index in [-0.39, 0.29) is 29.6 Å². The van der Waals surface area contributed by atoms with Gasteiger partial charge < -0.3 is 78.4 Å². The Kier molecular flexibility index (Phi) is 13.1. The van der Waals surface area contributed by atoms with E-state index in [2.05, 4.69) is 33.8 Å². The van der Waals surface area contributed by atoms with Crippen LogP contribution >= 0.6 is 0 Å². The summed E-state index contributed by atoms with van der Waals surface area (Å²) in [6, 6.07) is 0. The smallest absolute Gasteiger partial charge is 0.302 e. The third-order valence-corrected chi connectivity index (χ3v) is 17.6. The van der Waals surface area contributed by atoms with Crippen molar-refractivity contribution in [1.82, 2.24) is 0 Å². The lowest BCUT2D eigenvalue weighted by Crippen LogP contribution is -2.65. The van der Waals surface area contributed by atoms with Gasteiger partial charge in [-0.3, -0.25) is 4.79 Å². The van der Waals surface area contributed by atoms with E-state index >= 15 is 0 Å². The van der Waals surface area contributed by atoms with Crippen molar-refractivity contribution in [2.45, 2.75) is 203 Å². The van der Waals surface area contributed by atoms with Crippen LogP contribution in [0.2, 0.25) is 0 Å². The lowest BCUT2D eigenvalue weighted by Gasteiger charge is -2.58. The van der Waals surface area contributed by atoms with Gasteiger partial charge in [0.1, 0.15) is 67.6 Å². The van der Waals surface area contributed by atoms with E-state index in [1.165, 1.54) is 19.4 Å². The van der Waals surface area contributed by atoms with Crippen LogP contribution in [0.5, 0.6) is 0 Å². The maximum atomic E-state index is 12.0. The molecule has 0 amide bonds. The van der Waals surface area contributed by atoms with Gasteiger partial charge in [0.05, 0.1) is 31.5 Å². The zero-order valence-corrected chi connectivity index (χ0v) is 37.5. The molecule has 4 aliphatic carbocycles. The highest BCUT2D eigenvalue weighted by atomic mass is 16.8. The number of esters is 1. The molecule has 0 radical (unpaired) electrons. The molecule has 0 bridgehead atoms. The van der Waals surface area contributed by atoms with E-state index in [4.69, 9.17) is 42.6 Å². The molecule has 7 N–H and O–H groups in total. The highest BCUT2D eigenvalue weighted by Gasteiger charge is 2.69. The lowest BCUT2D eigenvalue weighted by molar-refractivity contribution is -0.380. The SMILES string of the molecule is CC(=O)OC[C@@H]1OC(O[C@H]2[C@H](O)[C@@H](OC3O[C@@H](C)[C@H](O)[C@@H](O)[C@H]3O)[C@H](O[C@H]3CC[C@@]4(C)C(=CCC5C6CC7O[C@]8(CC[C@@H](C)CO8)[C@@H](C)C7[C@@]6(C)CCC54)C3)O[C@@H]2CO)[C@H](O)[C@H]1O. The molecule has 0 aromatic rings. The van der Waals surface area contributed by atoms with E-state index in [1.54, 1.807) is 0 Å². The van der Waals surface area contributed by atoms with Crippen LogP contribution in [-0.2, 0) is 47.4 Å². The number of hydrogen-bond acceptors (Lipinski definition) is 17. The van der Waals surface area contributed by atoms with Gasteiger partial charge >= 0.3 is 5.97 Å². The molecule has 5 heterocycles. The number of aliphatic hydroxyl groups is 7. The predicted molar refractivity (Wildman–Crippen MR) is 218 cm³/mol. The van der Waals surface area contributed by atoms with Crippen LogP contribution in [0.3, 0.4) is 0 Å². The van der Waals surface area contributed by atoms with Gasteiger partial charge in [-0.1, -0.05) is 39.3 Å². The molecule has 17 heteroatoms. The highest BCUT2D eigenvalue weighted by molar-refractivity contribution is 5.65. The molecular formula is C46H72O17. The van der Waals surface area contributed by atoms with Gasteiger partial charge in [0.15, 0.2) is 24.7 Å². The number of carbonyl (C=O) groups is 1. The van der Waals surface area contributed by atoms with Crippen LogP contribution in [0.25, 0.3) is 0 Å². The molecule has 5 aliphatic heterocycles. The first-order valence-corrected chi connectivity index (χ1v) is 23.7. The molecule has 25 atom stereocenters. The maximum Gasteiger partial charge on any atom is 0.302 e. The molecule has 8 fully saturated rings. The van der Waals surface area contributed by atoms with Crippen LogP contribution in [-0.4, -0.2) is 166 Å². The Bertz CT molecular complexity index is 1670. The molecular weight excluding hydrogens is 824 g/mol. The summed E-state index contributed by atoms with van der Waals surface area (Å²) in [5.41, 5.74) is 1.51. The largest absolute Gasteiger partial charge is 0.463 e. The molecule has 63 heavy (non-hydrogen) atoms. The topological polar surface area (TPSA) is 242 Å². The van der Waals surface area contributed by atoms with Crippen LogP contribution in [0.4, 0.5) is 0 Å². The quantitative estimate of drug-likeness (QED) is 0.128. The molecule has 5 saturated heterocycles. The second kappa shape index (κ2) is 17.6. The Morgan fingerprint density at radius 1 is 0.778 bits per heavy atom.